The molecule has 144 valence electrons. The van der Waals surface area contributed by atoms with E-state index in [1.165, 1.54) is 24.0 Å². The van der Waals surface area contributed by atoms with Gasteiger partial charge in [0, 0.05) is 5.69 Å². The maximum Gasteiger partial charge on any atom is 0.265 e. The van der Waals surface area contributed by atoms with Crippen LogP contribution < -0.4 is 10.1 Å². The molecule has 0 saturated heterocycles. The Labute approximate surface area is 163 Å². The van der Waals surface area contributed by atoms with E-state index < -0.39 is 6.10 Å². The van der Waals surface area contributed by atoms with Crippen molar-refractivity contribution >= 4 is 11.6 Å². The quantitative estimate of drug-likeness (QED) is 0.703. The highest BCUT2D eigenvalue weighted by atomic mass is 16.5. The highest BCUT2D eigenvalue weighted by Gasteiger charge is 2.21. The van der Waals surface area contributed by atoms with Crippen molar-refractivity contribution in [2.45, 2.75) is 71.8 Å². The predicted octanol–water partition coefficient (Wildman–Crippen LogP) is 5.79. The second kappa shape index (κ2) is 8.60. The SMILES string of the molecule is CC[C@H](Oc1ccc2c(c1)CCCC2)C(=O)Nc1c(C)cccc1C(C)C. The van der Waals surface area contributed by atoms with Crippen LogP contribution in [0.4, 0.5) is 5.69 Å². The lowest BCUT2D eigenvalue weighted by atomic mass is 9.92. The number of carbonyl (C=O) groups excluding carboxylic acids is 1. The van der Waals surface area contributed by atoms with Crippen molar-refractivity contribution in [1.82, 2.24) is 0 Å². The van der Waals surface area contributed by atoms with Gasteiger partial charge in [0.25, 0.3) is 5.91 Å². The van der Waals surface area contributed by atoms with Gasteiger partial charge in [0.05, 0.1) is 0 Å². The molecule has 0 saturated carbocycles. The lowest BCUT2D eigenvalue weighted by Gasteiger charge is -2.22. The van der Waals surface area contributed by atoms with Gasteiger partial charge in [0.1, 0.15) is 5.75 Å². The summed E-state index contributed by atoms with van der Waals surface area (Å²) in [4.78, 5) is 12.9. The minimum Gasteiger partial charge on any atom is -0.481 e. The first kappa shape index (κ1) is 19.5. The molecule has 1 aliphatic rings. The highest BCUT2D eigenvalue weighted by molar-refractivity contribution is 5.95. The first-order chi connectivity index (χ1) is 13.0. The molecule has 1 N–H and O–H groups in total. The summed E-state index contributed by atoms with van der Waals surface area (Å²) in [5.74, 6) is 1.07. The van der Waals surface area contributed by atoms with E-state index in [2.05, 4.69) is 37.4 Å². The van der Waals surface area contributed by atoms with E-state index in [1.807, 2.05) is 32.0 Å². The number of fused-ring (bicyclic) bond motifs is 1. The van der Waals surface area contributed by atoms with Gasteiger partial charge in [-0.25, -0.2) is 0 Å². The van der Waals surface area contributed by atoms with E-state index in [1.54, 1.807) is 0 Å². The van der Waals surface area contributed by atoms with Gasteiger partial charge in [-0.1, -0.05) is 45.0 Å². The van der Waals surface area contributed by atoms with Crippen LogP contribution in [0.1, 0.15) is 68.2 Å². The lowest BCUT2D eigenvalue weighted by Crippen LogP contribution is -2.33. The number of para-hydroxylation sites is 1. The maximum absolute atomic E-state index is 12.9. The molecule has 1 aliphatic carbocycles. The second-order valence-corrected chi connectivity index (χ2v) is 7.84. The molecule has 0 bridgehead atoms. The first-order valence-corrected chi connectivity index (χ1v) is 10.2. The molecule has 0 radical (unpaired) electrons. The second-order valence-electron chi connectivity index (χ2n) is 7.84. The molecule has 1 amide bonds. The zero-order valence-corrected chi connectivity index (χ0v) is 17.0. The third-order valence-corrected chi connectivity index (χ3v) is 5.44. The Morgan fingerprint density at radius 3 is 2.56 bits per heavy atom. The molecular formula is C24H31NO2. The molecule has 3 rings (SSSR count). The molecule has 2 aromatic carbocycles. The smallest absolute Gasteiger partial charge is 0.265 e. The fourth-order valence-corrected chi connectivity index (χ4v) is 3.82. The average Bonchev–Trinajstić information content (AvgIpc) is 2.67. The van der Waals surface area contributed by atoms with E-state index >= 15 is 0 Å². The van der Waals surface area contributed by atoms with Crippen molar-refractivity contribution in [2.75, 3.05) is 5.32 Å². The van der Waals surface area contributed by atoms with Crippen LogP contribution in [-0.2, 0) is 17.6 Å². The highest BCUT2D eigenvalue weighted by Crippen LogP contribution is 2.29. The molecular weight excluding hydrogens is 334 g/mol. The van der Waals surface area contributed by atoms with Gasteiger partial charge in [-0.15, -0.1) is 0 Å². The van der Waals surface area contributed by atoms with E-state index in [0.717, 1.165) is 35.4 Å². The van der Waals surface area contributed by atoms with Crippen LogP contribution in [0.15, 0.2) is 36.4 Å². The Morgan fingerprint density at radius 1 is 1.11 bits per heavy atom. The van der Waals surface area contributed by atoms with Gasteiger partial charge in [-0.3, -0.25) is 4.79 Å². The topological polar surface area (TPSA) is 38.3 Å². The summed E-state index contributed by atoms with van der Waals surface area (Å²) in [5, 5.41) is 3.13. The summed E-state index contributed by atoms with van der Waals surface area (Å²) < 4.78 is 6.09. The van der Waals surface area contributed by atoms with Crippen LogP contribution in [0.5, 0.6) is 5.75 Å². The summed E-state index contributed by atoms with van der Waals surface area (Å²) in [6.45, 7) is 8.31. The number of amides is 1. The number of ether oxygens (including phenoxy) is 1. The summed E-state index contributed by atoms with van der Waals surface area (Å²) in [5.41, 5.74) is 5.96. The van der Waals surface area contributed by atoms with Gasteiger partial charge in [-0.05, 0) is 79.3 Å². The molecule has 1 atom stereocenters. The third kappa shape index (κ3) is 4.52. The van der Waals surface area contributed by atoms with Crippen molar-refractivity contribution in [3.05, 3.63) is 58.7 Å². The molecule has 0 aromatic heterocycles. The van der Waals surface area contributed by atoms with E-state index in [0.29, 0.717) is 12.3 Å². The van der Waals surface area contributed by atoms with Crippen LogP contribution in [-0.4, -0.2) is 12.0 Å². The molecule has 0 fully saturated rings. The Balaban J connectivity index is 1.76. The minimum absolute atomic E-state index is 0.0774. The number of nitrogens with one attached hydrogen (secondary N) is 1. The number of anilines is 1. The van der Waals surface area contributed by atoms with Crippen LogP contribution in [0.25, 0.3) is 0 Å². The van der Waals surface area contributed by atoms with Crippen molar-refractivity contribution in [3.63, 3.8) is 0 Å². The van der Waals surface area contributed by atoms with Gasteiger partial charge in [0.2, 0.25) is 0 Å². The zero-order valence-electron chi connectivity index (χ0n) is 17.0. The van der Waals surface area contributed by atoms with E-state index in [-0.39, 0.29) is 5.91 Å². The van der Waals surface area contributed by atoms with Gasteiger partial charge in [0.15, 0.2) is 6.10 Å². The standard InChI is InChI=1S/C24H31NO2/c1-5-22(27-20-14-13-18-10-6-7-11-19(18)15-20)24(26)25-23-17(4)9-8-12-21(23)16(2)3/h8-9,12-16,22H,5-7,10-11H2,1-4H3,(H,25,26)/t22-/m0/s1. The summed E-state index contributed by atoms with van der Waals surface area (Å²) in [6.07, 6.45) is 4.90. The van der Waals surface area contributed by atoms with Crippen molar-refractivity contribution < 1.29 is 9.53 Å². The Bertz CT molecular complexity index is 810. The van der Waals surface area contributed by atoms with Gasteiger partial charge in [-0.2, -0.15) is 0 Å². The number of benzene rings is 2. The average molecular weight is 366 g/mol. The summed E-state index contributed by atoms with van der Waals surface area (Å²) >= 11 is 0. The Kier molecular flexibility index (Phi) is 6.20. The molecule has 0 aliphatic heterocycles. The normalized spacial score (nSPS) is 14.6. The molecule has 3 nitrogen and oxygen atoms in total. The first-order valence-electron chi connectivity index (χ1n) is 10.2. The Morgan fingerprint density at radius 2 is 1.85 bits per heavy atom. The number of aryl methyl sites for hydroxylation is 3. The summed E-state index contributed by atoms with van der Waals surface area (Å²) in [6, 6.07) is 12.4. The van der Waals surface area contributed by atoms with Crippen molar-refractivity contribution in [1.29, 1.82) is 0 Å². The minimum atomic E-state index is -0.494. The maximum atomic E-state index is 12.9. The van der Waals surface area contributed by atoms with Gasteiger partial charge >= 0.3 is 0 Å². The number of carbonyl (C=O) groups is 1. The van der Waals surface area contributed by atoms with Crippen LogP contribution in [0.2, 0.25) is 0 Å². The molecule has 0 spiro atoms. The number of rotatable bonds is 6. The predicted molar refractivity (Wildman–Crippen MR) is 112 cm³/mol. The van der Waals surface area contributed by atoms with E-state index in [9.17, 15) is 4.79 Å². The molecule has 0 heterocycles. The van der Waals surface area contributed by atoms with Crippen molar-refractivity contribution in [2.24, 2.45) is 0 Å². The fourth-order valence-electron chi connectivity index (χ4n) is 3.82. The van der Waals surface area contributed by atoms with Gasteiger partial charge < -0.3 is 10.1 Å². The fraction of sp³-hybridized carbons (Fsp3) is 0.458. The Hall–Kier alpha value is -2.29. The lowest BCUT2D eigenvalue weighted by molar-refractivity contribution is -0.122. The summed E-state index contributed by atoms with van der Waals surface area (Å²) in [7, 11) is 0. The molecule has 27 heavy (non-hydrogen) atoms. The van der Waals surface area contributed by atoms with Crippen LogP contribution in [0.3, 0.4) is 0 Å². The largest absolute Gasteiger partial charge is 0.481 e. The molecule has 2 aromatic rings. The van der Waals surface area contributed by atoms with Crippen molar-refractivity contribution in [3.8, 4) is 5.75 Å². The number of hydrogen-bond donors (Lipinski definition) is 1. The van der Waals surface area contributed by atoms with Crippen LogP contribution in [0, 0.1) is 6.92 Å². The van der Waals surface area contributed by atoms with E-state index in [4.69, 9.17) is 4.74 Å². The monoisotopic (exact) mass is 365 g/mol. The third-order valence-electron chi connectivity index (χ3n) is 5.44. The molecule has 0 unspecified atom stereocenters. The number of hydrogen-bond acceptors (Lipinski definition) is 2. The van der Waals surface area contributed by atoms with Crippen LogP contribution >= 0.6 is 0 Å². The molecule has 3 heteroatoms. The zero-order chi connectivity index (χ0) is 19.4.